The predicted octanol–water partition coefficient (Wildman–Crippen LogP) is 5.38. The molecule has 0 saturated carbocycles. The molecule has 1 heterocycles. The van der Waals surface area contributed by atoms with Gasteiger partial charge in [-0.15, -0.1) is 23.1 Å². The van der Waals surface area contributed by atoms with E-state index in [2.05, 4.69) is 36.5 Å². The first kappa shape index (κ1) is 22.1. The van der Waals surface area contributed by atoms with Crippen LogP contribution in [0.2, 0.25) is 0 Å². The van der Waals surface area contributed by atoms with Crippen LogP contribution in [-0.4, -0.2) is 29.0 Å². The zero-order valence-corrected chi connectivity index (χ0v) is 18.9. The molecule has 2 amide bonds. The maximum atomic E-state index is 13.0. The molecule has 0 spiro atoms. The number of anilines is 1. The van der Waals surface area contributed by atoms with Crippen molar-refractivity contribution in [1.82, 2.24) is 4.90 Å². The van der Waals surface area contributed by atoms with Gasteiger partial charge in [-0.1, -0.05) is 30.3 Å². The van der Waals surface area contributed by atoms with E-state index in [0.29, 0.717) is 18.8 Å². The van der Waals surface area contributed by atoms with Gasteiger partial charge < -0.3 is 10.2 Å². The predicted molar refractivity (Wildman–Crippen MR) is 126 cm³/mol. The van der Waals surface area contributed by atoms with Gasteiger partial charge in [0.25, 0.3) is 0 Å². The van der Waals surface area contributed by atoms with Crippen molar-refractivity contribution in [2.24, 2.45) is 0 Å². The first-order valence-corrected chi connectivity index (χ1v) is 11.7. The van der Waals surface area contributed by atoms with Crippen LogP contribution >= 0.6 is 23.1 Å². The largest absolute Gasteiger partial charge is 0.336 e. The Balaban J connectivity index is 1.60. The smallest absolute Gasteiger partial charge is 0.233 e. The fourth-order valence-electron chi connectivity index (χ4n) is 3.03. The van der Waals surface area contributed by atoms with E-state index in [1.807, 2.05) is 47.4 Å². The Hall–Kier alpha value is -2.57. The second kappa shape index (κ2) is 11.0. The number of aryl methyl sites for hydroxylation is 1. The summed E-state index contributed by atoms with van der Waals surface area (Å²) in [4.78, 5) is 29.6. The van der Waals surface area contributed by atoms with E-state index in [4.69, 9.17) is 0 Å². The standard InChI is InChI=1S/C24H26N2O2S2/c1-18-8-11-23(30-18)16-26(15-14-20-6-4-3-5-7-20)24(28)17-29-22-12-9-21(10-13-22)25-19(2)27/h3-13H,14-17H2,1-2H3,(H,25,27). The van der Waals surface area contributed by atoms with Gasteiger partial charge in [-0.05, 0) is 55.3 Å². The zero-order chi connectivity index (χ0) is 21.3. The lowest BCUT2D eigenvalue weighted by Gasteiger charge is -2.22. The minimum atomic E-state index is -0.0940. The fourth-order valence-corrected chi connectivity index (χ4v) is 4.74. The number of nitrogens with zero attached hydrogens (tertiary/aromatic N) is 1. The fraction of sp³-hybridized carbons (Fsp3) is 0.250. The quantitative estimate of drug-likeness (QED) is 0.457. The molecule has 0 unspecified atom stereocenters. The van der Waals surface area contributed by atoms with Crippen LogP contribution in [-0.2, 0) is 22.6 Å². The summed E-state index contributed by atoms with van der Waals surface area (Å²) in [6.07, 6.45) is 0.840. The first-order chi connectivity index (χ1) is 14.5. The van der Waals surface area contributed by atoms with Gasteiger partial charge in [-0.2, -0.15) is 0 Å². The van der Waals surface area contributed by atoms with Crippen LogP contribution in [0.5, 0.6) is 0 Å². The highest BCUT2D eigenvalue weighted by Crippen LogP contribution is 2.22. The van der Waals surface area contributed by atoms with Gasteiger partial charge in [0.05, 0.1) is 12.3 Å². The van der Waals surface area contributed by atoms with E-state index in [1.54, 1.807) is 11.3 Å². The summed E-state index contributed by atoms with van der Waals surface area (Å²) < 4.78 is 0. The molecule has 0 bridgehead atoms. The molecule has 2 aromatic carbocycles. The Morgan fingerprint density at radius 3 is 2.37 bits per heavy atom. The van der Waals surface area contributed by atoms with E-state index >= 15 is 0 Å². The highest BCUT2D eigenvalue weighted by molar-refractivity contribution is 8.00. The lowest BCUT2D eigenvalue weighted by molar-refractivity contribution is -0.128. The molecule has 0 aliphatic carbocycles. The van der Waals surface area contributed by atoms with Gasteiger partial charge in [-0.25, -0.2) is 0 Å². The Bertz CT molecular complexity index is 968. The zero-order valence-electron chi connectivity index (χ0n) is 17.3. The van der Waals surface area contributed by atoms with Gasteiger partial charge in [-0.3, -0.25) is 9.59 Å². The van der Waals surface area contributed by atoms with Crippen molar-refractivity contribution in [3.05, 3.63) is 82.0 Å². The molecule has 156 valence electrons. The molecule has 30 heavy (non-hydrogen) atoms. The second-order valence-corrected chi connectivity index (χ2v) is 9.48. The maximum Gasteiger partial charge on any atom is 0.233 e. The number of benzene rings is 2. The Labute approximate surface area is 186 Å². The lowest BCUT2D eigenvalue weighted by atomic mass is 10.1. The molecular weight excluding hydrogens is 412 g/mol. The number of amides is 2. The summed E-state index contributed by atoms with van der Waals surface area (Å²) in [5.74, 6) is 0.426. The third-order valence-corrected chi connectivity index (χ3v) is 6.53. The van der Waals surface area contributed by atoms with Gasteiger partial charge in [0.2, 0.25) is 11.8 Å². The van der Waals surface area contributed by atoms with Crippen LogP contribution in [0.1, 0.15) is 22.2 Å². The topological polar surface area (TPSA) is 49.4 Å². The van der Waals surface area contributed by atoms with Gasteiger partial charge in [0, 0.05) is 33.8 Å². The van der Waals surface area contributed by atoms with E-state index in [9.17, 15) is 9.59 Å². The Morgan fingerprint density at radius 2 is 1.73 bits per heavy atom. The molecular formula is C24H26N2O2S2. The summed E-state index contributed by atoms with van der Waals surface area (Å²) in [6.45, 7) is 4.92. The van der Waals surface area contributed by atoms with Crippen LogP contribution in [0.25, 0.3) is 0 Å². The highest BCUT2D eigenvalue weighted by Gasteiger charge is 2.15. The first-order valence-electron chi connectivity index (χ1n) is 9.87. The molecule has 0 aliphatic rings. The van der Waals surface area contributed by atoms with Crippen molar-refractivity contribution >= 4 is 40.6 Å². The molecule has 0 fully saturated rings. The molecule has 0 saturated heterocycles. The average molecular weight is 439 g/mol. The van der Waals surface area contributed by atoms with E-state index in [0.717, 1.165) is 17.0 Å². The van der Waals surface area contributed by atoms with E-state index < -0.39 is 0 Å². The average Bonchev–Trinajstić information content (AvgIpc) is 3.15. The molecule has 1 N–H and O–H groups in total. The van der Waals surface area contributed by atoms with Crippen molar-refractivity contribution in [2.75, 3.05) is 17.6 Å². The normalized spacial score (nSPS) is 10.6. The molecule has 3 aromatic rings. The van der Waals surface area contributed by atoms with Crippen molar-refractivity contribution in [1.29, 1.82) is 0 Å². The lowest BCUT2D eigenvalue weighted by Crippen LogP contribution is -2.33. The monoisotopic (exact) mass is 438 g/mol. The number of hydrogen-bond acceptors (Lipinski definition) is 4. The van der Waals surface area contributed by atoms with Crippen LogP contribution in [0.4, 0.5) is 5.69 Å². The van der Waals surface area contributed by atoms with Crippen molar-refractivity contribution in [3.8, 4) is 0 Å². The molecule has 0 aliphatic heterocycles. The minimum Gasteiger partial charge on any atom is -0.336 e. The summed E-state index contributed by atoms with van der Waals surface area (Å²) in [6, 6.07) is 22.1. The summed E-state index contributed by atoms with van der Waals surface area (Å²) in [5, 5.41) is 2.75. The van der Waals surface area contributed by atoms with Crippen LogP contribution in [0.3, 0.4) is 0 Å². The van der Waals surface area contributed by atoms with Crippen molar-refractivity contribution in [3.63, 3.8) is 0 Å². The van der Waals surface area contributed by atoms with Gasteiger partial charge in [0.15, 0.2) is 0 Å². The number of nitrogens with one attached hydrogen (secondary N) is 1. The number of rotatable bonds is 9. The van der Waals surface area contributed by atoms with Crippen LogP contribution < -0.4 is 5.32 Å². The number of thiophene rings is 1. The third-order valence-electron chi connectivity index (χ3n) is 4.55. The molecule has 1 aromatic heterocycles. The number of thioether (sulfide) groups is 1. The number of carbonyl (C=O) groups is 2. The third kappa shape index (κ3) is 7.04. The SMILES string of the molecule is CC(=O)Nc1ccc(SCC(=O)N(CCc2ccccc2)Cc2ccc(C)s2)cc1. The highest BCUT2D eigenvalue weighted by atomic mass is 32.2. The minimum absolute atomic E-state index is 0.0940. The Kier molecular flexibility index (Phi) is 8.11. The number of hydrogen-bond donors (Lipinski definition) is 1. The molecule has 0 atom stereocenters. The Morgan fingerprint density at radius 1 is 1.00 bits per heavy atom. The van der Waals surface area contributed by atoms with Gasteiger partial charge >= 0.3 is 0 Å². The molecule has 6 heteroatoms. The maximum absolute atomic E-state index is 13.0. The van der Waals surface area contributed by atoms with Crippen LogP contribution in [0.15, 0.2) is 71.6 Å². The summed E-state index contributed by atoms with van der Waals surface area (Å²) in [7, 11) is 0. The van der Waals surface area contributed by atoms with Gasteiger partial charge in [0.1, 0.15) is 0 Å². The van der Waals surface area contributed by atoms with E-state index in [1.165, 1.54) is 34.0 Å². The molecule has 3 rings (SSSR count). The summed E-state index contributed by atoms with van der Waals surface area (Å²) in [5.41, 5.74) is 2.00. The van der Waals surface area contributed by atoms with Crippen LogP contribution in [0, 0.1) is 6.92 Å². The second-order valence-electron chi connectivity index (χ2n) is 7.06. The summed E-state index contributed by atoms with van der Waals surface area (Å²) >= 11 is 3.26. The van der Waals surface area contributed by atoms with Crippen molar-refractivity contribution < 1.29 is 9.59 Å². The van der Waals surface area contributed by atoms with Crippen molar-refractivity contribution in [2.45, 2.75) is 31.7 Å². The van der Waals surface area contributed by atoms with E-state index in [-0.39, 0.29) is 11.8 Å². The number of carbonyl (C=O) groups excluding carboxylic acids is 2. The molecule has 0 radical (unpaired) electrons. The molecule has 4 nitrogen and oxygen atoms in total.